The first kappa shape index (κ1) is 61.2. The SMILES string of the molecule is CCN(CC(=O)OC)c1ccccc1OCCOc1cc(NC(=O)C2CN(c3ccc4c(c3)[Si](C)(C)c3cc(N5CCC5)ccc3C43OC(=O)c4ccc(C(=O)NCCOCCOCCCCCCCl)cc43)C2)ccc1N(CC)CC(=O)OC. The fraction of sp³-hybridized carbons (Fsp3) is 0.453. The highest BCUT2D eigenvalue weighted by Gasteiger charge is 2.56. The molecule has 4 heterocycles. The van der Waals surface area contributed by atoms with Gasteiger partial charge in [0, 0.05) is 104 Å². The minimum Gasteiger partial charge on any atom is -0.488 e. The average Bonchev–Trinajstić information content (AvgIpc) is 3.93. The van der Waals surface area contributed by atoms with Crippen molar-refractivity contribution in [3.8, 4) is 11.5 Å². The lowest BCUT2D eigenvalue weighted by molar-refractivity contribution is -0.139. The van der Waals surface area contributed by atoms with Crippen LogP contribution in [0.5, 0.6) is 11.5 Å². The van der Waals surface area contributed by atoms with E-state index in [1.165, 1.54) is 14.2 Å². The van der Waals surface area contributed by atoms with Crippen molar-refractivity contribution in [2.45, 2.75) is 64.6 Å². The summed E-state index contributed by atoms with van der Waals surface area (Å²) in [5, 5.41) is 8.40. The lowest BCUT2D eigenvalue weighted by Crippen LogP contribution is -2.63. The van der Waals surface area contributed by atoms with Gasteiger partial charge in [-0.05, 0) is 110 Å². The smallest absolute Gasteiger partial charge is 0.340 e. The number of amides is 2. The molecule has 0 aromatic heterocycles. The van der Waals surface area contributed by atoms with Crippen LogP contribution in [0.4, 0.5) is 28.4 Å². The number of alkyl halides is 1. The van der Waals surface area contributed by atoms with Crippen molar-refractivity contribution < 1.29 is 57.1 Å². The number of ether oxygens (including phenoxy) is 7. The second kappa shape index (κ2) is 28.0. The molecule has 1 atom stereocenters. The van der Waals surface area contributed by atoms with Gasteiger partial charge in [-0.3, -0.25) is 19.2 Å². The van der Waals surface area contributed by atoms with Gasteiger partial charge in [-0.2, -0.15) is 0 Å². The number of rotatable bonds is 30. The largest absolute Gasteiger partial charge is 0.488 e. The summed E-state index contributed by atoms with van der Waals surface area (Å²) in [5.74, 6) is -0.276. The Morgan fingerprint density at radius 2 is 1.30 bits per heavy atom. The fourth-order valence-electron chi connectivity index (χ4n) is 11.5. The quantitative estimate of drug-likeness (QED) is 0.0150. The summed E-state index contributed by atoms with van der Waals surface area (Å²) in [7, 11) is 0.161. The van der Waals surface area contributed by atoms with Crippen molar-refractivity contribution >= 4 is 88.2 Å². The standard InChI is InChI=1S/C64H79ClN6O12Si/c1-7-68(42-59(72)77-3)53-16-11-12-17-55(53)81-34-35-82-56-37-46(19-25-54(56)69(8-2)43-60(73)78-4)67-62(75)45-40-71(41-45)48-21-24-51-58(39-48)84(5,6)57-38-47(70-28-15-29-70)20-23-50(57)64(51)52-36-44(18-22-49(52)63(76)83-64)61(74)66-27-31-80-33-32-79-30-14-10-9-13-26-65/h11-12,16-25,36-39,45H,7-10,13-15,26-35,40-43H2,1-6H3,(H,66,74)(H,67,75). The first-order valence-corrected chi connectivity index (χ1v) is 32.9. The number of anilines is 5. The zero-order valence-corrected chi connectivity index (χ0v) is 51.0. The monoisotopic (exact) mass is 1190 g/mol. The number of nitrogens with zero attached hydrogens (tertiary/aromatic N) is 4. The molecule has 0 saturated carbocycles. The Labute approximate surface area is 498 Å². The number of unbranched alkanes of at least 4 members (excludes halogenated alkanes) is 3. The number of likely N-dealkylation sites (N-methyl/N-ethyl adjacent to an activating group) is 2. The Bertz CT molecular complexity index is 3170. The Morgan fingerprint density at radius 3 is 1.93 bits per heavy atom. The molecule has 1 unspecified atom stereocenters. The molecule has 0 radical (unpaired) electrons. The molecular formula is C64H79ClN6O12Si. The van der Waals surface area contributed by atoms with Crippen LogP contribution in [0.25, 0.3) is 0 Å². The number of methoxy groups -OCH3 is 2. The van der Waals surface area contributed by atoms with E-state index in [2.05, 4.69) is 69.9 Å². The number of nitrogens with one attached hydrogen (secondary N) is 2. The summed E-state index contributed by atoms with van der Waals surface area (Å²) in [6, 6.07) is 31.0. The molecule has 5 aromatic carbocycles. The maximum atomic E-state index is 14.2. The predicted molar refractivity (Wildman–Crippen MR) is 329 cm³/mol. The van der Waals surface area contributed by atoms with Crippen LogP contribution in [0.3, 0.4) is 0 Å². The summed E-state index contributed by atoms with van der Waals surface area (Å²) in [6.45, 7) is 15.0. The van der Waals surface area contributed by atoms with Crippen molar-refractivity contribution in [1.82, 2.24) is 5.32 Å². The van der Waals surface area contributed by atoms with E-state index in [0.717, 1.165) is 83.8 Å². The molecular weight excluding hydrogens is 1110 g/mol. The molecule has 84 heavy (non-hydrogen) atoms. The van der Waals surface area contributed by atoms with E-state index in [-0.39, 0.29) is 50.0 Å². The molecule has 2 N–H and O–H groups in total. The zero-order valence-electron chi connectivity index (χ0n) is 49.2. The van der Waals surface area contributed by atoms with Crippen LogP contribution in [0.15, 0.2) is 97.1 Å². The van der Waals surface area contributed by atoms with Crippen LogP contribution < -0.4 is 50.1 Å². The summed E-state index contributed by atoms with van der Waals surface area (Å²) in [6.07, 6.45) is 5.33. The third kappa shape index (κ3) is 13.4. The Kier molecular flexibility index (Phi) is 20.4. The molecule has 20 heteroatoms. The maximum Gasteiger partial charge on any atom is 0.340 e. The molecule has 2 amide bonds. The number of para-hydroxylation sites is 2. The highest BCUT2D eigenvalue weighted by atomic mass is 35.5. The number of benzene rings is 5. The van der Waals surface area contributed by atoms with Gasteiger partial charge >= 0.3 is 17.9 Å². The van der Waals surface area contributed by atoms with E-state index in [4.69, 9.17) is 44.8 Å². The molecule has 1 spiro atoms. The van der Waals surface area contributed by atoms with Crippen LogP contribution in [0, 0.1) is 5.92 Å². The molecule has 0 bridgehead atoms. The lowest BCUT2D eigenvalue weighted by Gasteiger charge is -2.46. The molecule has 9 rings (SSSR count). The van der Waals surface area contributed by atoms with Gasteiger partial charge in [0.2, 0.25) is 5.91 Å². The van der Waals surface area contributed by atoms with E-state index < -0.39 is 25.6 Å². The number of hydrogen-bond acceptors (Lipinski definition) is 16. The van der Waals surface area contributed by atoms with Crippen LogP contribution >= 0.6 is 11.6 Å². The number of carbonyl (C=O) groups is 5. The first-order valence-electron chi connectivity index (χ1n) is 29.3. The molecule has 4 aliphatic heterocycles. The first-order chi connectivity index (χ1) is 40.7. The molecule has 0 aliphatic carbocycles. The molecule has 2 fully saturated rings. The van der Waals surface area contributed by atoms with Crippen molar-refractivity contribution in [3.05, 3.63) is 125 Å². The fourth-order valence-corrected chi connectivity index (χ4v) is 14.8. The highest BCUT2D eigenvalue weighted by Crippen LogP contribution is 2.50. The summed E-state index contributed by atoms with van der Waals surface area (Å²) in [4.78, 5) is 75.1. The maximum absolute atomic E-state index is 14.2. The number of halogens is 1. The Balaban J connectivity index is 0.899. The van der Waals surface area contributed by atoms with Crippen molar-refractivity contribution in [2.75, 3.05) is 144 Å². The van der Waals surface area contributed by atoms with Crippen molar-refractivity contribution in [3.63, 3.8) is 0 Å². The summed E-state index contributed by atoms with van der Waals surface area (Å²) >= 11 is 5.77. The van der Waals surface area contributed by atoms with Gasteiger partial charge < -0.3 is 63.4 Å². The zero-order chi connectivity index (χ0) is 59.4. The van der Waals surface area contributed by atoms with E-state index >= 15 is 0 Å². The third-order valence-electron chi connectivity index (χ3n) is 16.4. The molecule has 2 saturated heterocycles. The number of esters is 3. The van der Waals surface area contributed by atoms with Crippen molar-refractivity contribution in [1.29, 1.82) is 0 Å². The topological polar surface area (TPSA) is 187 Å². The second-order valence-electron chi connectivity index (χ2n) is 22.0. The summed E-state index contributed by atoms with van der Waals surface area (Å²) in [5.41, 5.74) is 5.96. The highest BCUT2D eigenvalue weighted by molar-refractivity contribution is 7.01. The van der Waals surface area contributed by atoms with Gasteiger partial charge in [0.15, 0.2) is 5.60 Å². The van der Waals surface area contributed by atoms with Crippen molar-refractivity contribution in [2.24, 2.45) is 5.92 Å². The average molecular weight is 1190 g/mol. The van der Waals surface area contributed by atoms with Gasteiger partial charge in [0.25, 0.3) is 5.91 Å². The molecule has 4 aliphatic rings. The number of hydrogen-bond donors (Lipinski definition) is 2. The van der Waals surface area contributed by atoms with E-state index in [1.54, 1.807) is 24.3 Å². The minimum absolute atomic E-state index is 0.0110. The molecule has 18 nitrogen and oxygen atoms in total. The predicted octanol–water partition coefficient (Wildman–Crippen LogP) is 7.59. The van der Waals surface area contributed by atoms with Crippen LogP contribution in [-0.2, 0) is 43.7 Å². The van der Waals surface area contributed by atoms with Gasteiger partial charge in [0.05, 0.1) is 56.9 Å². The van der Waals surface area contributed by atoms with E-state index in [1.807, 2.05) is 60.0 Å². The van der Waals surface area contributed by atoms with Crippen LogP contribution in [-0.4, -0.2) is 156 Å². The Hall–Kier alpha value is -7.32. The van der Waals surface area contributed by atoms with Gasteiger partial charge in [-0.25, -0.2) is 4.79 Å². The minimum atomic E-state index is -2.54. The summed E-state index contributed by atoms with van der Waals surface area (Å²) < 4.78 is 40.7. The van der Waals surface area contributed by atoms with Crippen LogP contribution in [0.1, 0.15) is 83.4 Å². The second-order valence-corrected chi connectivity index (χ2v) is 26.7. The van der Waals surface area contributed by atoms with E-state index in [0.29, 0.717) is 105 Å². The molecule has 448 valence electrons. The normalized spacial score (nSPS) is 16.3. The number of carbonyl (C=O) groups excluding carboxylic acids is 5. The van der Waals surface area contributed by atoms with Crippen LogP contribution in [0.2, 0.25) is 13.1 Å². The van der Waals surface area contributed by atoms with Gasteiger partial charge in [-0.1, -0.05) is 50.2 Å². The molecule has 5 aromatic rings. The third-order valence-corrected chi connectivity index (χ3v) is 20.2. The Morgan fingerprint density at radius 1 is 0.679 bits per heavy atom. The van der Waals surface area contributed by atoms with E-state index in [9.17, 15) is 24.0 Å². The number of fused-ring (bicyclic) bond motifs is 6. The lowest BCUT2D eigenvalue weighted by atomic mass is 9.78. The van der Waals surface area contributed by atoms with Gasteiger partial charge in [0.1, 0.15) is 45.9 Å². The van der Waals surface area contributed by atoms with Gasteiger partial charge in [-0.15, -0.1) is 11.6 Å².